The van der Waals surface area contributed by atoms with Gasteiger partial charge in [0.2, 0.25) is 5.82 Å². The summed E-state index contributed by atoms with van der Waals surface area (Å²) in [4.78, 5) is 9.98. The average Bonchev–Trinajstić information content (AvgIpc) is 2.34. The van der Waals surface area contributed by atoms with Crippen molar-refractivity contribution < 1.29 is 9.31 Å². The second kappa shape index (κ2) is 5.33. The van der Waals surface area contributed by atoms with Gasteiger partial charge in [0.05, 0.1) is 4.92 Å². The summed E-state index contributed by atoms with van der Waals surface area (Å²) in [6, 6.07) is 4.30. The molecule has 2 rings (SSSR count). The van der Waals surface area contributed by atoms with Gasteiger partial charge in [0.25, 0.3) is 0 Å². The molecule has 0 aromatic heterocycles. The highest BCUT2D eigenvalue weighted by Gasteiger charge is 2.22. The Balaban J connectivity index is 2.14. The van der Waals surface area contributed by atoms with E-state index in [1.807, 2.05) is 0 Å². The van der Waals surface area contributed by atoms with Gasteiger partial charge in [0, 0.05) is 17.8 Å². The van der Waals surface area contributed by atoms with Crippen molar-refractivity contribution in [2.24, 2.45) is 5.92 Å². The largest absolute Gasteiger partial charge is 0.382 e. The van der Waals surface area contributed by atoms with Crippen molar-refractivity contribution in [3.05, 3.63) is 34.1 Å². The smallest absolute Gasteiger partial charge is 0.306 e. The molecule has 1 aromatic rings. The molecule has 2 unspecified atom stereocenters. The molecule has 1 fully saturated rings. The third-order valence-corrected chi connectivity index (χ3v) is 3.61. The number of hydrogen-bond acceptors (Lipinski definition) is 3. The molecule has 18 heavy (non-hydrogen) atoms. The van der Waals surface area contributed by atoms with Gasteiger partial charge in [-0.25, -0.2) is 0 Å². The number of nitro groups is 1. The number of nitrogens with zero attached hydrogens (tertiary/aromatic N) is 1. The zero-order valence-electron chi connectivity index (χ0n) is 10.4. The van der Waals surface area contributed by atoms with Gasteiger partial charge in [0.15, 0.2) is 0 Å². The first kappa shape index (κ1) is 12.8. The van der Waals surface area contributed by atoms with E-state index in [0.717, 1.165) is 12.5 Å². The molecule has 0 amide bonds. The average molecular weight is 252 g/mol. The molecule has 98 valence electrons. The topological polar surface area (TPSA) is 55.2 Å². The Hall–Kier alpha value is -1.65. The van der Waals surface area contributed by atoms with Crippen LogP contribution >= 0.6 is 0 Å². The Labute approximate surface area is 105 Å². The van der Waals surface area contributed by atoms with Gasteiger partial charge in [-0.05, 0) is 30.9 Å². The van der Waals surface area contributed by atoms with Crippen molar-refractivity contribution in [3.8, 4) is 0 Å². The lowest BCUT2D eigenvalue weighted by molar-refractivity contribution is -0.387. The summed E-state index contributed by atoms with van der Waals surface area (Å²) < 4.78 is 13.2. The molecule has 1 saturated carbocycles. The summed E-state index contributed by atoms with van der Waals surface area (Å²) >= 11 is 0. The predicted octanol–water partition coefficient (Wildman–Crippen LogP) is 3.72. The third-order valence-electron chi connectivity index (χ3n) is 3.61. The number of hydrogen-bond donors (Lipinski definition) is 1. The van der Waals surface area contributed by atoms with Gasteiger partial charge in [0.1, 0.15) is 0 Å². The van der Waals surface area contributed by atoms with Crippen LogP contribution in [0.15, 0.2) is 18.2 Å². The molecule has 1 aromatic carbocycles. The molecule has 1 aliphatic carbocycles. The molecule has 0 heterocycles. The van der Waals surface area contributed by atoms with Crippen LogP contribution in [0.4, 0.5) is 15.8 Å². The van der Waals surface area contributed by atoms with E-state index in [2.05, 4.69) is 12.2 Å². The highest BCUT2D eigenvalue weighted by molar-refractivity contribution is 5.52. The summed E-state index contributed by atoms with van der Waals surface area (Å²) in [6.45, 7) is 2.18. The van der Waals surface area contributed by atoms with E-state index in [1.165, 1.54) is 25.3 Å². The second-order valence-electron chi connectivity index (χ2n) is 4.94. The van der Waals surface area contributed by atoms with Crippen LogP contribution in [0.2, 0.25) is 0 Å². The number of rotatable bonds is 3. The first-order chi connectivity index (χ1) is 8.58. The molecular weight excluding hydrogens is 235 g/mol. The quantitative estimate of drug-likeness (QED) is 0.658. The minimum atomic E-state index is -0.790. The van der Waals surface area contributed by atoms with Gasteiger partial charge in [-0.1, -0.05) is 19.8 Å². The van der Waals surface area contributed by atoms with Crippen LogP contribution in [0, 0.1) is 21.8 Å². The summed E-state index contributed by atoms with van der Waals surface area (Å²) in [5.41, 5.74) is 0.158. The molecule has 1 N–H and O–H groups in total. The van der Waals surface area contributed by atoms with Crippen molar-refractivity contribution in [3.63, 3.8) is 0 Å². The number of anilines is 1. The molecular formula is C13H17FN2O2. The van der Waals surface area contributed by atoms with Crippen molar-refractivity contribution in [2.45, 2.75) is 38.6 Å². The van der Waals surface area contributed by atoms with Crippen LogP contribution < -0.4 is 5.32 Å². The second-order valence-corrected chi connectivity index (χ2v) is 4.94. The minimum absolute atomic E-state index is 0.323. The van der Waals surface area contributed by atoms with E-state index < -0.39 is 16.4 Å². The van der Waals surface area contributed by atoms with Crippen LogP contribution in [0.25, 0.3) is 0 Å². The van der Waals surface area contributed by atoms with Crippen LogP contribution in [-0.2, 0) is 0 Å². The summed E-state index contributed by atoms with van der Waals surface area (Å²) in [5.74, 6) is -0.245. The van der Waals surface area contributed by atoms with Crippen molar-refractivity contribution in [1.29, 1.82) is 0 Å². The first-order valence-electron chi connectivity index (χ1n) is 6.28. The Morgan fingerprint density at radius 1 is 1.39 bits per heavy atom. The number of nitro benzene ring substituents is 1. The normalized spacial score (nSPS) is 23.7. The molecule has 0 bridgehead atoms. The van der Waals surface area contributed by atoms with Crippen LogP contribution in [0.3, 0.4) is 0 Å². The van der Waals surface area contributed by atoms with E-state index in [0.29, 0.717) is 17.6 Å². The van der Waals surface area contributed by atoms with E-state index in [9.17, 15) is 14.5 Å². The van der Waals surface area contributed by atoms with E-state index in [-0.39, 0.29) is 0 Å². The fraction of sp³-hybridized carbons (Fsp3) is 0.538. The van der Waals surface area contributed by atoms with Gasteiger partial charge in [-0.15, -0.1) is 0 Å². The van der Waals surface area contributed by atoms with Gasteiger partial charge >= 0.3 is 5.69 Å². The fourth-order valence-electron chi connectivity index (χ4n) is 2.49. The van der Waals surface area contributed by atoms with E-state index in [1.54, 1.807) is 6.07 Å². The zero-order valence-corrected chi connectivity index (χ0v) is 10.4. The maximum Gasteiger partial charge on any atom is 0.306 e. The highest BCUT2D eigenvalue weighted by Crippen LogP contribution is 2.28. The predicted molar refractivity (Wildman–Crippen MR) is 68.1 cm³/mol. The lowest BCUT2D eigenvalue weighted by atomic mass is 9.86. The maximum absolute atomic E-state index is 13.2. The summed E-state index contributed by atoms with van der Waals surface area (Å²) in [7, 11) is 0. The standard InChI is InChI=1S/C13H17FN2O2/c1-9-4-2-3-5-12(9)15-10-6-7-11(14)13(8-10)16(17)18/h6-9,12,15H,2-5H2,1H3. The fourth-order valence-corrected chi connectivity index (χ4v) is 2.49. The number of halogens is 1. The molecule has 0 saturated heterocycles. The molecule has 4 nitrogen and oxygen atoms in total. The molecule has 5 heteroatoms. The van der Waals surface area contributed by atoms with Crippen LogP contribution in [-0.4, -0.2) is 11.0 Å². The molecule has 2 atom stereocenters. The Morgan fingerprint density at radius 3 is 2.78 bits per heavy atom. The Morgan fingerprint density at radius 2 is 2.11 bits per heavy atom. The van der Waals surface area contributed by atoms with Crippen molar-refractivity contribution >= 4 is 11.4 Å². The van der Waals surface area contributed by atoms with E-state index >= 15 is 0 Å². The van der Waals surface area contributed by atoms with Crippen LogP contribution in [0.5, 0.6) is 0 Å². The minimum Gasteiger partial charge on any atom is -0.382 e. The summed E-state index contributed by atoms with van der Waals surface area (Å²) in [6.07, 6.45) is 4.64. The Kier molecular flexibility index (Phi) is 3.79. The SMILES string of the molecule is CC1CCCCC1Nc1ccc(F)c([N+](=O)[O-])c1. The first-order valence-corrected chi connectivity index (χ1v) is 6.28. The van der Waals surface area contributed by atoms with Gasteiger partial charge in [-0.2, -0.15) is 4.39 Å². The number of nitrogens with one attached hydrogen (secondary N) is 1. The van der Waals surface area contributed by atoms with Gasteiger partial charge in [-0.3, -0.25) is 10.1 Å². The lowest BCUT2D eigenvalue weighted by Gasteiger charge is -2.30. The van der Waals surface area contributed by atoms with Gasteiger partial charge < -0.3 is 5.32 Å². The highest BCUT2D eigenvalue weighted by atomic mass is 19.1. The number of benzene rings is 1. The van der Waals surface area contributed by atoms with Crippen molar-refractivity contribution in [2.75, 3.05) is 5.32 Å². The molecule has 1 aliphatic rings. The van der Waals surface area contributed by atoms with Crippen LogP contribution in [0.1, 0.15) is 32.6 Å². The van der Waals surface area contributed by atoms with Crippen molar-refractivity contribution in [1.82, 2.24) is 0 Å². The van der Waals surface area contributed by atoms with E-state index in [4.69, 9.17) is 0 Å². The molecule has 0 radical (unpaired) electrons. The summed E-state index contributed by atoms with van der Waals surface area (Å²) in [5, 5.41) is 14.0. The monoisotopic (exact) mass is 252 g/mol. The maximum atomic E-state index is 13.2. The zero-order chi connectivity index (χ0) is 13.1. The third kappa shape index (κ3) is 2.78. The lowest BCUT2D eigenvalue weighted by Crippen LogP contribution is -2.30. The molecule has 0 aliphatic heterocycles. The molecule has 0 spiro atoms. The Bertz CT molecular complexity index is 451.